The van der Waals surface area contributed by atoms with Crippen LogP contribution in [0.5, 0.6) is 0 Å². The fourth-order valence-corrected chi connectivity index (χ4v) is 6.89. The molecule has 11 nitrogen and oxygen atoms in total. The molecule has 0 radical (unpaired) electrons. The molecule has 0 saturated carbocycles. The summed E-state index contributed by atoms with van der Waals surface area (Å²) in [5, 5.41) is 19.0. The first-order chi connectivity index (χ1) is 24.2. The maximum Gasteiger partial charge on any atom is 0.138 e. The molecule has 11 heteroatoms. The quantitative estimate of drug-likeness (QED) is 0.105. The molecule has 0 spiro atoms. The fourth-order valence-electron chi connectivity index (χ4n) is 6.89. The van der Waals surface area contributed by atoms with Crippen molar-refractivity contribution in [3.8, 4) is 0 Å². The number of ether oxygens (including phenoxy) is 4. The Bertz CT molecular complexity index is 1240. The van der Waals surface area contributed by atoms with Crippen molar-refractivity contribution < 1.29 is 28.8 Å². The highest BCUT2D eigenvalue weighted by Crippen LogP contribution is 2.44. The van der Waals surface area contributed by atoms with Gasteiger partial charge < -0.3 is 24.1 Å². The molecular weight excluding hydrogens is 670 g/mol. The van der Waals surface area contributed by atoms with Crippen molar-refractivity contribution in [1.82, 2.24) is 24.8 Å². The van der Waals surface area contributed by atoms with Gasteiger partial charge in [-0.2, -0.15) is 0 Å². The molecule has 1 N–H and O–H groups in total. The van der Waals surface area contributed by atoms with Crippen LogP contribution in [-0.4, -0.2) is 123 Å². The summed E-state index contributed by atoms with van der Waals surface area (Å²) in [5.41, 5.74) is -0.456. The minimum Gasteiger partial charge on any atom is -0.395 e. The lowest BCUT2D eigenvalue weighted by atomic mass is 9.64. The highest BCUT2D eigenvalue weighted by molar-refractivity contribution is 5.81. The Labute approximate surface area is 324 Å². The fraction of sp³-hybridized carbons (Fsp3) is 0.929. The Hall–Kier alpha value is -1.47. The Morgan fingerprint density at radius 1 is 0.849 bits per heavy atom. The standard InChI is InChI=1S/C42H81N5O6/c1-32(2)23-37(5,6)38(7,8)29-45-18-19-46(26-35(45)27-48)39(9,10)30-52-40(11,12)17-21-50-28-34-25-47(44-43-34)20-22-51-42(15,16)31-53-41(13,14)24-36(49)33(3)4/h25,32-33,35,48H,17-24,26-31H2,1-16H3. The largest absolute Gasteiger partial charge is 0.395 e. The molecular formula is C42H81N5O6. The highest BCUT2D eigenvalue weighted by Gasteiger charge is 2.42. The van der Waals surface area contributed by atoms with Crippen molar-refractivity contribution >= 4 is 5.78 Å². The molecule has 0 bridgehead atoms. The predicted molar refractivity (Wildman–Crippen MR) is 214 cm³/mol. The maximum absolute atomic E-state index is 12.2. The number of hydrogen-bond donors (Lipinski definition) is 1. The monoisotopic (exact) mass is 752 g/mol. The summed E-state index contributed by atoms with van der Waals surface area (Å²) in [7, 11) is 0. The second-order valence-corrected chi connectivity index (χ2v) is 20.2. The third-order valence-corrected chi connectivity index (χ3v) is 11.4. The molecule has 53 heavy (non-hydrogen) atoms. The van der Waals surface area contributed by atoms with Crippen LogP contribution in [0, 0.1) is 22.7 Å². The van der Waals surface area contributed by atoms with Gasteiger partial charge in [-0.1, -0.05) is 60.6 Å². The zero-order valence-corrected chi connectivity index (χ0v) is 36.9. The van der Waals surface area contributed by atoms with Gasteiger partial charge in [-0.3, -0.25) is 14.6 Å². The Morgan fingerprint density at radius 2 is 1.49 bits per heavy atom. The van der Waals surface area contributed by atoms with E-state index in [0.29, 0.717) is 51.9 Å². The number of hydrogen-bond acceptors (Lipinski definition) is 10. The molecule has 1 fully saturated rings. The molecule has 1 unspecified atom stereocenters. The van der Waals surface area contributed by atoms with Gasteiger partial charge in [-0.05, 0) is 85.0 Å². The third kappa shape index (κ3) is 16.3. The first-order valence-corrected chi connectivity index (χ1v) is 20.2. The number of aliphatic hydroxyl groups is 1. The van der Waals surface area contributed by atoms with Gasteiger partial charge in [-0.25, -0.2) is 4.68 Å². The lowest BCUT2D eigenvalue weighted by molar-refractivity contribution is -0.140. The smallest absolute Gasteiger partial charge is 0.138 e. The van der Waals surface area contributed by atoms with E-state index < -0.39 is 11.2 Å². The lowest BCUT2D eigenvalue weighted by Crippen LogP contribution is -2.63. The van der Waals surface area contributed by atoms with Gasteiger partial charge >= 0.3 is 0 Å². The van der Waals surface area contributed by atoms with Crippen LogP contribution in [-0.2, 0) is 36.9 Å². The van der Waals surface area contributed by atoms with E-state index in [9.17, 15) is 9.90 Å². The number of piperazine rings is 1. The van der Waals surface area contributed by atoms with E-state index in [1.807, 2.05) is 47.7 Å². The molecule has 310 valence electrons. The van der Waals surface area contributed by atoms with E-state index in [2.05, 4.69) is 89.3 Å². The molecule has 2 heterocycles. The van der Waals surface area contributed by atoms with Crippen LogP contribution in [0.2, 0.25) is 0 Å². The molecule has 2 rings (SSSR count). The van der Waals surface area contributed by atoms with Crippen LogP contribution in [0.3, 0.4) is 0 Å². The summed E-state index contributed by atoms with van der Waals surface area (Å²) >= 11 is 0. The van der Waals surface area contributed by atoms with Crippen LogP contribution in [0.4, 0.5) is 0 Å². The number of ketones is 1. The average Bonchev–Trinajstić information content (AvgIpc) is 3.48. The van der Waals surface area contributed by atoms with E-state index in [1.54, 1.807) is 4.68 Å². The van der Waals surface area contributed by atoms with Gasteiger partial charge in [-0.15, -0.1) is 5.10 Å². The van der Waals surface area contributed by atoms with Gasteiger partial charge in [0.15, 0.2) is 0 Å². The molecule has 1 saturated heterocycles. The Kier molecular flexibility index (Phi) is 17.6. The second-order valence-electron chi connectivity index (χ2n) is 20.2. The van der Waals surface area contributed by atoms with Crippen molar-refractivity contribution in [2.24, 2.45) is 22.7 Å². The second kappa shape index (κ2) is 19.6. The zero-order chi connectivity index (χ0) is 40.5. The molecule has 1 atom stereocenters. The number of Topliss-reactive ketones (excluding diaryl/α,β-unsaturated/α-hetero) is 1. The van der Waals surface area contributed by atoms with E-state index in [-0.39, 0.29) is 46.3 Å². The topological polar surface area (TPSA) is 111 Å². The third-order valence-electron chi connectivity index (χ3n) is 11.4. The molecule has 1 aliphatic heterocycles. The van der Waals surface area contributed by atoms with E-state index >= 15 is 0 Å². The van der Waals surface area contributed by atoms with Crippen molar-refractivity contribution in [1.29, 1.82) is 0 Å². The van der Waals surface area contributed by atoms with Crippen LogP contribution in [0.1, 0.15) is 136 Å². The molecule has 0 aliphatic carbocycles. The Balaban J connectivity index is 1.75. The van der Waals surface area contributed by atoms with Crippen LogP contribution < -0.4 is 0 Å². The molecule has 1 aromatic heterocycles. The number of aliphatic hydroxyl groups excluding tert-OH is 1. The molecule has 0 amide bonds. The summed E-state index contributed by atoms with van der Waals surface area (Å²) in [6, 6.07) is 0.112. The SMILES string of the molecule is CC(C)CC(C)(C)C(C)(C)CN1CCN(C(C)(C)COC(C)(C)CCOCc2cn(CCOC(C)(C)COC(C)(C)CC(=O)C(C)C)nn2)CC1CO. The summed E-state index contributed by atoms with van der Waals surface area (Å²) < 4.78 is 26.5. The molecule has 0 aromatic carbocycles. The minimum atomic E-state index is -0.538. The minimum absolute atomic E-state index is 0.000721. The van der Waals surface area contributed by atoms with Crippen LogP contribution in [0.25, 0.3) is 0 Å². The summed E-state index contributed by atoms with van der Waals surface area (Å²) in [4.78, 5) is 17.2. The van der Waals surface area contributed by atoms with E-state index in [4.69, 9.17) is 18.9 Å². The summed E-state index contributed by atoms with van der Waals surface area (Å²) in [5.74, 6) is 0.856. The first-order valence-electron chi connectivity index (χ1n) is 20.2. The van der Waals surface area contributed by atoms with Crippen molar-refractivity contribution in [3.05, 3.63) is 11.9 Å². The number of nitrogens with zero attached hydrogens (tertiary/aromatic N) is 5. The molecule has 1 aromatic rings. The summed E-state index contributed by atoms with van der Waals surface area (Å²) in [6.07, 6.45) is 4.21. The van der Waals surface area contributed by atoms with Crippen molar-refractivity contribution in [3.63, 3.8) is 0 Å². The lowest BCUT2D eigenvalue weighted by Gasteiger charge is -2.52. The van der Waals surface area contributed by atoms with Gasteiger partial charge in [0.05, 0.1) is 62.6 Å². The van der Waals surface area contributed by atoms with Gasteiger partial charge in [0, 0.05) is 56.7 Å². The van der Waals surface area contributed by atoms with E-state index in [0.717, 1.165) is 38.3 Å². The van der Waals surface area contributed by atoms with Crippen LogP contribution >= 0.6 is 0 Å². The zero-order valence-electron chi connectivity index (χ0n) is 36.9. The normalized spacial score (nSPS) is 17.8. The first kappa shape index (κ1) is 47.7. The number of aromatic nitrogens is 3. The van der Waals surface area contributed by atoms with E-state index in [1.165, 1.54) is 6.42 Å². The number of carbonyl (C=O) groups excluding carboxylic acids is 1. The van der Waals surface area contributed by atoms with Crippen LogP contribution in [0.15, 0.2) is 6.20 Å². The maximum atomic E-state index is 12.2. The molecule has 1 aliphatic rings. The Morgan fingerprint density at radius 3 is 2.09 bits per heavy atom. The number of carbonyl (C=O) groups is 1. The average molecular weight is 752 g/mol. The van der Waals surface area contributed by atoms with Gasteiger partial charge in [0.1, 0.15) is 11.5 Å². The summed E-state index contributed by atoms with van der Waals surface area (Å²) in [6.45, 7) is 41.5. The number of rotatable bonds is 25. The highest BCUT2D eigenvalue weighted by atomic mass is 16.6. The van der Waals surface area contributed by atoms with Crippen molar-refractivity contribution in [2.45, 2.75) is 172 Å². The van der Waals surface area contributed by atoms with Crippen molar-refractivity contribution in [2.75, 3.05) is 59.2 Å². The van der Waals surface area contributed by atoms with Gasteiger partial charge in [0.25, 0.3) is 0 Å². The van der Waals surface area contributed by atoms with Gasteiger partial charge in [0.2, 0.25) is 0 Å². The predicted octanol–water partition coefficient (Wildman–Crippen LogP) is 7.04.